The van der Waals surface area contributed by atoms with Crippen molar-refractivity contribution in [3.63, 3.8) is 0 Å². The number of sulfonamides is 1. The molecule has 0 aliphatic rings. The summed E-state index contributed by atoms with van der Waals surface area (Å²) in [7, 11) is -3.49. The van der Waals surface area contributed by atoms with Crippen LogP contribution in [-0.4, -0.2) is 14.0 Å². The van der Waals surface area contributed by atoms with E-state index >= 15 is 0 Å². The standard InChI is InChI=1S/C14H22BrNO2S/c1-13(2,3)10-14(4,5)16-19(17,18)12-8-6-7-11(15)9-12/h6-9,16H,10H2,1-5H3. The fourth-order valence-electron chi connectivity index (χ4n) is 2.42. The van der Waals surface area contributed by atoms with Crippen molar-refractivity contribution in [2.45, 2.75) is 51.5 Å². The van der Waals surface area contributed by atoms with Crippen molar-refractivity contribution < 1.29 is 8.42 Å². The van der Waals surface area contributed by atoms with Crippen molar-refractivity contribution in [2.24, 2.45) is 5.41 Å². The number of hydrogen-bond acceptors (Lipinski definition) is 2. The third kappa shape index (κ3) is 5.63. The van der Waals surface area contributed by atoms with E-state index in [1.54, 1.807) is 24.3 Å². The fraction of sp³-hybridized carbons (Fsp3) is 0.571. The Morgan fingerprint density at radius 2 is 1.74 bits per heavy atom. The van der Waals surface area contributed by atoms with Crippen molar-refractivity contribution >= 4 is 26.0 Å². The number of benzene rings is 1. The molecule has 0 spiro atoms. The molecule has 0 fully saturated rings. The minimum Gasteiger partial charge on any atom is -0.207 e. The Hall–Kier alpha value is -0.390. The fourth-order valence-corrected chi connectivity index (χ4v) is 4.43. The van der Waals surface area contributed by atoms with E-state index in [1.165, 1.54) is 0 Å². The van der Waals surface area contributed by atoms with Crippen LogP contribution in [0.4, 0.5) is 0 Å². The Balaban J connectivity index is 2.97. The number of rotatable bonds is 4. The van der Waals surface area contributed by atoms with Gasteiger partial charge in [-0.1, -0.05) is 42.8 Å². The molecular weight excluding hydrogens is 326 g/mol. The van der Waals surface area contributed by atoms with E-state index in [0.29, 0.717) is 0 Å². The Morgan fingerprint density at radius 3 is 2.21 bits per heavy atom. The lowest BCUT2D eigenvalue weighted by atomic mass is 9.82. The molecular formula is C14H22BrNO2S. The summed E-state index contributed by atoms with van der Waals surface area (Å²) in [6.45, 7) is 10.1. The van der Waals surface area contributed by atoms with Crippen LogP contribution >= 0.6 is 15.9 Å². The average Bonchev–Trinajstić information content (AvgIpc) is 2.11. The average molecular weight is 348 g/mol. The van der Waals surface area contributed by atoms with Gasteiger partial charge in [0.05, 0.1) is 4.90 Å². The Labute approximate surface area is 125 Å². The van der Waals surface area contributed by atoms with Crippen LogP contribution in [-0.2, 0) is 10.0 Å². The van der Waals surface area contributed by atoms with Gasteiger partial charge in [0.15, 0.2) is 0 Å². The van der Waals surface area contributed by atoms with Gasteiger partial charge in [-0.25, -0.2) is 13.1 Å². The molecule has 108 valence electrons. The van der Waals surface area contributed by atoms with Crippen LogP contribution in [0.2, 0.25) is 0 Å². The summed E-state index contributed by atoms with van der Waals surface area (Å²) in [6, 6.07) is 6.73. The van der Waals surface area contributed by atoms with Crippen LogP contribution < -0.4 is 4.72 Å². The van der Waals surface area contributed by atoms with Gasteiger partial charge in [0, 0.05) is 10.0 Å². The van der Waals surface area contributed by atoms with Gasteiger partial charge in [0.1, 0.15) is 0 Å². The monoisotopic (exact) mass is 347 g/mol. The molecule has 0 amide bonds. The predicted molar refractivity (Wildman–Crippen MR) is 82.6 cm³/mol. The molecule has 0 bridgehead atoms. The third-order valence-electron chi connectivity index (χ3n) is 2.49. The maximum atomic E-state index is 12.4. The van der Waals surface area contributed by atoms with Crippen LogP contribution in [0.1, 0.15) is 41.0 Å². The lowest BCUT2D eigenvalue weighted by molar-refractivity contribution is 0.269. The van der Waals surface area contributed by atoms with Gasteiger partial charge in [-0.05, 0) is 43.9 Å². The van der Waals surface area contributed by atoms with E-state index in [2.05, 4.69) is 41.4 Å². The normalized spacial score (nSPS) is 13.6. The predicted octanol–water partition coefficient (Wildman–Crippen LogP) is 3.94. The van der Waals surface area contributed by atoms with Gasteiger partial charge >= 0.3 is 0 Å². The minimum atomic E-state index is -3.49. The summed E-state index contributed by atoms with van der Waals surface area (Å²) in [5.41, 5.74) is -0.428. The molecule has 1 aromatic carbocycles. The highest BCUT2D eigenvalue weighted by Gasteiger charge is 2.30. The summed E-state index contributed by atoms with van der Waals surface area (Å²) >= 11 is 3.29. The summed E-state index contributed by atoms with van der Waals surface area (Å²) < 4.78 is 28.2. The molecule has 0 saturated heterocycles. The van der Waals surface area contributed by atoms with E-state index in [9.17, 15) is 8.42 Å². The Bertz CT molecular complexity index is 545. The molecule has 0 heterocycles. The van der Waals surface area contributed by atoms with Crippen molar-refractivity contribution in [2.75, 3.05) is 0 Å². The van der Waals surface area contributed by atoms with E-state index < -0.39 is 15.6 Å². The molecule has 1 N–H and O–H groups in total. The van der Waals surface area contributed by atoms with Crippen molar-refractivity contribution in [3.8, 4) is 0 Å². The van der Waals surface area contributed by atoms with Gasteiger partial charge in [-0.3, -0.25) is 0 Å². The maximum absolute atomic E-state index is 12.4. The molecule has 0 aliphatic carbocycles. The van der Waals surface area contributed by atoms with Crippen LogP contribution in [0, 0.1) is 5.41 Å². The van der Waals surface area contributed by atoms with Gasteiger partial charge < -0.3 is 0 Å². The SMILES string of the molecule is CC(C)(C)CC(C)(C)NS(=O)(=O)c1cccc(Br)c1. The van der Waals surface area contributed by atoms with Crippen LogP contribution in [0.15, 0.2) is 33.6 Å². The molecule has 1 rings (SSSR count). The lowest BCUT2D eigenvalue weighted by Crippen LogP contribution is -2.45. The summed E-state index contributed by atoms with van der Waals surface area (Å²) in [6.07, 6.45) is 0.757. The lowest BCUT2D eigenvalue weighted by Gasteiger charge is -2.33. The molecule has 0 aromatic heterocycles. The second-order valence-electron chi connectivity index (χ2n) is 6.68. The molecule has 5 heteroatoms. The highest BCUT2D eigenvalue weighted by atomic mass is 79.9. The molecule has 0 aliphatic heterocycles. The second kappa shape index (κ2) is 5.54. The van der Waals surface area contributed by atoms with Crippen molar-refractivity contribution in [3.05, 3.63) is 28.7 Å². The highest BCUT2D eigenvalue weighted by Crippen LogP contribution is 2.28. The molecule has 1 aromatic rings. The zero-order valence-electron chi connectivity index (χ0n) is 12.1. The van der Waals surface area contributed by atoms with Gasteiger partial charge in [0.2, 0.25) is 10.0 Å². The van der Waals surface area contributed by atoms with E-state index in [-0.39, 0.29) is 10.3 Å². The molecule has 19 heavy (non-hydrogen) atoms. The quantitative estimate of drug-likeness (QED) is 0.896. The first-order chi connectivity index (χ1) is 8.41. The molecule has 3 nitrogen and oxygen atoms in total. The zero-order valence-corrected chi connectivity index (χ0v) is 14.5. The first-order valence-corrected chi connectivity index (χ1v) is 8.49. The minimum absolute atomic E-state index is 0.0588. The summed E-state index contributed by atoms with van der Waals surface area (Å²) in [5, 5.41) is 0. The molecule has 0 radical (unpaired) electrons. The van der Waals surface area contributed by atoms with Crippen LogP contribution in [0.5, 0.6) is 0 Å². The number of hydrogen-bond donors (Lipinski definition) is 1. The largest absolute Gasteiger partial charge is 0.241 e. The maximum Gasteiger partial charge on any atom is 0.241 e. The Kier molecular flexibility index (Phi) is 4.86. The van der Waals surface area contributed by atoms with Crippen LogP contribution in [0.3, 0.4) is 0 Å². The molecule has 0 unspecified atom stereocenters. The second-order valence-corrected chi connectivity index (χ2v) is 9.28. The smallest absolute Gasteiger partial charge is 0.207 e. The first-order valence-electron chi connectivity index (χ1n) is 6.21. The van der Waals surface area contributed by atoms with Gasteiger partial charge in [0.25, 0.3) is 0 Å². The van der Waals surface area contributed by atoms with E-state index in [1.807, 2.05) is 13.8 Å². The third-order valence-corrected chi connectivity index (χ3v) is 4.68. The van der Waals surface area contributed by atoms with Gasteiger partial charge in [-0.2, -0.15) is 0 Å². The molecule has 0 atom stereocenters. The van der Waals surface area contributed by atoms with Crippen molar-refractivity contribution in [1.82, 2.24) is 4.72 Å². The number of halogens is 1. The molecule has 0 saturated carbocycles. The highest BCUT2D eigenvalue weighted by molar-refractivity contribution is 9.10. The van der Waals surface area contributed by atoms with Gasteiger partial charge in [-0.15, -0.1) is 0 Å². The summed E-state index contributed by atoms with van der Waals surface area (Å²) in [5.74, 6) is 0. The van der Waals surface area contributed by atoms with Crippen LogP contribution in [0.25, 0.3) is 0 Å². The van der Waals surface area contributed by atoms with E-state index in [4.69, 9.17) is 0 Å². The van der Waals surface area contributed by atoms with E-state index in [0.717, 1.165) is 10.9 Å². The zero-order chi connectivity index (χ0) is 14.9. The Morgan fingerprint density at radius 1 is 1.16 bits per heavy atom. The topological polar surface area (TPSA) is 46.2 Å². The number of nitrogens with one attached hydrogen (secondary N) is 1. The first kappa shape index (κ1) is 16.7. The summed E-state index contributed by atoms with van der Waals surface area (Å²) in [4.78, 5) is 0.281. The van der Waals surface area contributed by atoms with Crippen molar-refractivity contribution in [1.29, 1.82) is 0 Å².